The Balaban J connectivity index is 1.96. The fourth-order valence-corrected chi connectivity index (χ4v) is 4.03. The second kappa shape index (κ2) is 8.81. The van der Waals surface area contributed by atoms with Gasteiger partial charge in [-0.15, -0.1) is 0 Å². The molecule has 30 heavy (non-hydrogen) atoms. The number of carbonyl (C=O) groups excluding carboxylic acids is 2. The quantitative estimate of drug-likeness (QED) is 0.762. The van der Waals surface area contributed by atoms with Crippen molar-refractivity contribution < 1.29 is 18.7 Å². The maximum atomic E-state index is 13.2. The summed E-state index contributed by atoms with van der Waals surface area (Å²) in [7, 11) is 1.30. The Morgan fingerprint density at radius 1 is 1.13 bits per heavy atom. The summed E-state index contributed by atoms with van der Waals surface area (Å²) in [6, 6.07) is 7.45. The maximum absolute atomic E-state index is 13.2. The molecular formula is C23H27FN2O4. The molecule has 1 saturated carbocycles. The number of rotatable bonds is 5. The van der Waals surface area contributed by atoms with E-state index in [0.29, 0.717) is 12.8 Å². The topological polar surface area (TPSA) is 77.4 Å². The molecule has 0 atom stereocenters. The molecular weight excluding hydrogens is 387 g/mol. The van der Waals surface area contributed by atoms with Gasteiger partial charge in [0.15, 0.2) is 0 Å². The van der Waals surface area contributed by atoms with Gasteiger partial charge in [0.25, 0.3) is 11.5 Å². The van der Waals surface area contributed by atoms with Crippen LogP contribution in [0.25, 0.3) is 0 Å². The number of nitrogens with zero attached hydrogens (tertiary/aromatic N) is 1. The van der Waals surface area contributed by atoms with Crippen LogP contribution >= 0.6 is 0 Å². The van der Waals surface area contributed by atoms with Crippen LogP contribution in [0.5, 0.6) is 0 Å². The highest BCUT2D eigenvalue weighted by atomic mass is 19.1. The number of benzene rings is 1. The van der Waals surface area contributed by atoms with Gasteiger partial charge in [0.2, 0.25) is 0 Å². The molecule has 1 aromatic heterocycles. The summed E-state index contributed by atoms with van der Waals surface area (Å²) in [5.41, 5.74) is 0.678. The fourth-order valence-electron chi connectivity index (χ4n) is 4.03. The summed E-state index contributed by atoms with van der Waals surface area (Å²) in [6.07, 6.45) is 3.57. The van der Waals surface area contributed by atoms with Crippen LogP contribution in [0.15, 0.2) is 35.1 Å². The lowest BCUT2D eigenvalue weighted by molar-refractivity contribution is -0.149. The smallest absolute Gasteiger partial charge is 0.331 e. The van der Waals surface area contributed by atoms with Gasteiger partial charge in [-0.1, -0.05) is 31.4 Å². The van der Waals surface area contributed by atoms with Crippen molar-refractivity contribution in [3.05, 3.63) is 68.9 Å². The van der Waals surface area contributed by atoms with Crippen molar-refractivity contribution in [3.8, 4) is 0 Å². The molecule has 1 amide bonds. The van der Waals surface area contributed by atoms with E-state index in [4.69, 9.17) is 4.74 Å². The Morgan fingerprint density at radius 3 is 2.37 bits per heavy atom. The van der Waals surface area contributed by atoms with E-state index in [9.17, 15) is 18.8 Å². The molecule has 0 aliphatic heterocycles. The summed E-state index contributed by atoms with van der Waals surface area (Å²) in [5.74, 6) is -1.41. The Morgan fingerprint density at radius 2 is 1.77 bits per heavy atom. The number of aryl methyl sites for hydroxylation is 1. The zero-order valence-corrected chi connectivity index (χ0v) is 17.6. The van der Waals surface area contributed by atoms with Gasteiger partial charge in [-0.3, -0.25) is 9.59 Å². The number of carbonyl (C=O) groups is 2. The van der Waals surface area contributed by atoms with Gasteiger partial charge in [-0.05, 0) is 56.0 Å². The van der Waals surface area contributed by atoms with Gasteiger partial charge in [0.05, 0.1) is 13.7 Å². The van der Waals surface area contributed by atoms with Gasteiger partial charge < -0.3 is 14.6 Å². The predicted molar refractivity (Wildman–Crippen MR) is 111 cm³/mol. The van der Waals surface area contributed by atoms with Crippen molar-refractivity contribution in [2.75, 3.05) is 7.11 Å². The molecule has 0 unspecified atom stereocenters. The number of methoxy groups -OCH3 is 1. The summed E-state index contributed by atoms with van der Waals surface area (Å²) < 4.78 is 19.7. The number of ether oxygens (including phenoxy) is 1. The number of hydrogen-bond acceptors (Lipinski definition) is 4. The summed E-state index contributed by atoms with van der Waals surface area (Å²) >= 11 is 0. The Bertz CT molecular complexity index is 1010. The van der Waals surface area contributed by atoms with E-state index in [1.165, 1.54) is 23.8 Å². The van der Waals surface area contributed by atoms with E-state index < -0.39 is 23.0 Å². The maximum Gasteiger partial charge on any atom is 0.331 e. The lowest BCUT2D eigenvalue weighted by Gasteiger charge is -2.35. The van der Waals surface area contributed by atoms with Gasteiger partial charge in [-0.25, -0.2) is 9.18 Å². The van der Waals surface area contributed by atoms with Crippen molar-refractivity contribution >= 4 is 11.9 Å². The lowest BCUT2D eigenvalue weighted by atomic mass is 9.81. The number of aromatic nitrogens is 1. The molecule has 0 spiro atoms. The summed E-state index contributed by atoms with van der Waals surface area (Å²) in [4.78, 5) is 38.7. The Hall–Kier alpha value is -2.96. The average Bonchev–Trinajstić information content (AvgIpc) is 2.75. The normalized spacial score (nSPS) is 15.5. The highest BCUT2D eigenvalue weighted by Crippen LogP contribution is 2.29. The first kappa shape index (κ1) is 21.7. The van der Waals surface area contributed by atoms with Crippen molar-refractivity contribution in [2.45, 2.75) is 58.0 Å². The first-order valence-corrected chi connectivity index (χ1v) is 10.1. The highest BCUT2D eigenvalue weighted by molar-refractivity contribution is 5.98. The second-order valence-electron chi connectivity index (χ2n) is 7.93. The lowest BCUT2D eigenvalue weighted by Crippen LogP contribution is -2.56. The zero-order chi connectivity index (χ0) is 21.9. The van der Waals surface area contributed by atoms with Crippen LogP contribution in [-0.2, 0) is 16.1 Å². The third kappa shape index (κ3) is 4.30. The van der Waals surface area contributed by atoms with E-state index in [1.54, 1.807) is 25.1 Å². The molecule has 1 heterocycles. The van der Waals surface area contributed by atoms with Gasteiger partial charge >= 0.3 is 5.97 Å². The number of hydrogen-bond donors (Lipinski definition) is 1. The van der Waals surface area contributed by atoms with E-state index in [-0.39, 0.29) is 17.9 Å². The van der Waals surface area contributed by atoms with Gasteiger partial charge in [0.1, 0.15) is 16.9 Å². The first-order chi connectivity index (χ1) is 14.3. The number of nitrogens with one attached hydrogen (secondary N) is 1. The molecule has 1 fully saturated rings. The van der Waals surface area contributed by atoms with Crippen LogP contribution in [0.4, 0.5) is 4.39 Å². The third-order valence-corrected chi connectivity index (χ3v) is 5.95. The molecule has 0 saturated heterocycles. The molecule has 7 heteroatoms. The Kier molecular flexibility index (Phi) is 6.39. The number of amides is 1. The zero-order valence-electron chi connectivity index (χ0n) is 17.6. The molecule has 2 aromatic rings. The Labute approximate surface area is 175 Å². The van der Waals surface area contributed by atoms with Crippen molar-refractivity contribution in [1.29, 1.82) is 0 Å². The highest BCUT2D eigenvalue weighted by Gasteiger charge is 2.42. The molecule has 1 aliphatic rings. The molecule has 0 bridgehead atoms. The monoisotopic (exact) mass is 414 g/mol. The SMILES string of the molecule is COC(=O)C1(NC(=O)c2cc(C)c(C)n(Cc3ccc(F)cc3)c2=O)CCCCC1. The van der Waals surface area contributed by atoms with E-state index in [2.05, 4.69) is 5.32 Å². The number of pyridine rings is 1. The van der Waals surface area contributed by atoms with E-state index in [1.807, 2.05) is 6.92 Å². The van der Waals surface area contributed by atoms with Crippen molar-refractivity contribution in [2.24, 2.45) is 0 Å². The van der Waals surface area contributed by atoms with Crippen molar-refractivity contribution in [1.82, 2.24) is 9.88 Å². The van der Waals surface area contributed by atoms with Crippen LogP contribution in [0.1, 0.15) is 59.3 Å². The van der Waals surface area contributed by atoms with E-state index in [0.717, 1.165) is 36.1 Å². The number of esters is 1. The predicted octanol–water partition coefficient (Wildman–Crippen LogP) is 3.26. The minimum Gasteiger partial charge on any atom is -0.467 e. The van der Waals surface area contributed by atoms with Crippen LogP contribution in [0.3, 0.4) is 0 Å². The van der Waals surface area contributed by atoms with Crippen LogP contribution in [0, 0.1) is 19.7 Å². The molecule has 160 valence electrons. The average molecular weight is 414 g/mol. The molecule has 0 radical (unpaired) electrons. The fraction of sp³-hybridized carbons (Fsp3) is 0.435. The van der Waals surface area contributed by atoms with Crippen LogP contribution in [0.2, 0.25) is 0 Å². The largest absolute Gasteiger partial charge is 0.467 e. The first-order valence-electron chi connectivity index (χ1n) is 10.1. The van der Waals surface area contributed by atoms with E-state index >= 15 is 0 Å². The summed E-state index contributed by atoms with van der Waals surface area (Å²) in [6.45, 7) is 3.84. The standard InChI is InChI=1S/C23H27FN2O4/c1-15-13-19(20(27)25-23(22(29)30-3)11-5-4-6-12-23)21(28)26(16(15)2)14-17-7-9-18(24)10-8-17/h7-10,13H,4-6,11-12,14H2,1-3H3,(H,25,27). The molecule has 1 N–H and O–H groups in total. The molecule has 1 aliphatic carbocycles. The van der Waals surface area contributed by atoms with Gasteiger partial charge in [-0.2, -0.15) is 0 Å². The number of halogens is 1. The third-order valence-electron chi connectivity index (χ3n) is 5.95. The minimum absolute atomic E-state index is 0.0194. The van der Waals surface area contributed by atoms with Crippen LogP contribution < -0.4 is 10.9 Å². The molecule has 1 aromatic carbocycles. The molecule has 6 nitrogen and oxygen atoms in total. The summed E-state index contributed by atoms with van der Waals surface area (Å²) in [5, 5.41) is 2.81. The van der Waals surface area contributed by atoms with Crippen molar-refractivity contribution in [3.63, 3.8) is 0 Å². The minimum atomic E-state index is -1.10. The van der Waals surface area contributed by atoms with Crippen LogP contribution in [-0.4, -0.2) is 29.1 Å². The second-order valence-corrected chi connectivity index (χ2v) is 7.93. The van der Waals surface area contributed by atoms with Gasteiger partial charge in [0, 0.05) is 5.69 Å². The molecule has 3 rings (SSSR count).